The van der Waals surface area contributed by atoms with E-state index in [9.17, 15) is 0 Å². The van der Waals surface area contributed by atoms with Crippen molar-refractivity contribution in [3.05, 3.63) is 101 Å². The molecule has 0 atom stereocenters. The molecule has 0 saturated carbocycles. The second-order valence-corrected chi connectivity index (χ2v) is 8.75. The van der Waals surface area contributed by atoms with Gasteiger partial charge in [0, 0.05) is 20.8 Å². The van der Waals surface area contributed by atoms with Gasteiger partial charge >= 0.3 is 0 Å². The highest BCUT2D eigenvalue weighted by Gasteiger charge is 2.16. The molecule has 0 saturated heterocycles. The van der Waals surface area contributed by atoms with Gasteiger partial charge < -0.3 is 0 Å². The molecule has 2 aromatic heterocycles. The zero-order valence-corrected chi connectivity index (χ0v) is 18.5. The Kier molecular flexibility index (Phi) is 4.15. The highest BCUT2D eigenvalue weighted by atomic mass is 79.9. The fourth-order valence-corrected chi connectivity index (χ4v) is 4.52. The van der Waals surface area contributed by atoms with Gasteiger partial charge in [-0.2, -0.15) is 0 Å². The molecule has 0 bridgehead atoms. The maximum Gasteiger partial charge on any atom is 0.169 e. The van der Waals surface area contributed by atoms with Crippen LogP contribution in [0, 0.1) is 6.92 Å². The van der Waals surface area contributed by atoms with Crippen LogP contribution in [0.25, 0.3) is 49.8 Å². The van der Waals surface area contributed by atoms with Crippen LogP contribution in [0.15, 0.2) is 95.5 Å². The van der Waals surface area contributed by atoms with Gasteiger partial charge in [0.15, 0.2) is 11.5 Å². The van der Waals surface area contributed by atoms with Crippen molar-refractivity contribution in [1.29, 1.82) is 0 Å². The first-order chi connectivity index (χ1) is 15.2. The monoisotopic (exact) mass is 463 g/mol. The average Bonchev–Trinajstić information content (AvgIpc) is 3.25. The summed E-state index contributed by atoms with van der Waals surface area (Å²) in [7, 11) is 0. The molecule has 31 heavy (non-hydrogen) atoms. The molecule has 3 nitrogen and oxygen atoms in total. The lowest BCUT2D eigenvalue weighted by Crippen LogP contribution is -1.95. The van der Waals surface area contributed by atoms with E-state index in [2.05, 4.69) is 116 Å². The van der Waals surface area contributed by atoms with Crippen LogP contribution >= 0.6 is 15.9 Å². The number of benzene rings is 4. The van der Waals surface area contributed by atoms with Crippen LogP contribution in [0.3, 0.4) is 0 Å². The third-order valence-electron chi connectivity index (χ3n) is 5.85. The zero-order chi connectivity index (χ0) is 20.9. The Labute approximate surface area is 188 Å². The molecule has 0 spiro atoms. The molecule has 0 unspecified atom stereocenters. The molecule has 0 aliphatic heterocycles. The first-order valence-corrected chi connectivity index (χ1v) is 11.0. The molecule has 0 aliphatic rings. The van der Waals surface area contributed by atoms with Crippen molar-refractivity contribution in [2.45, 2.75) is 6.92 Å². The van der Waals surface area contributed by atoms with Gasteiger partial charge in [-0.1, -0.05) is 88.2 Å². The van der Waals surface area contributed by atoms with Gasteiger partial charge in [-0.3, -0.25) is 4.40 Å². The number of aryl methyl sites for hydroxylation is 1. The van der Waals surface area contributed by atoms with Gasteiger partial charge in [0.05, 0.1) is 5.52 Å². The van der Waals surface area contributed by atoms with Crippen molar-refractivity contribution in [3.63, 3.8) is 0 Å². The molecule has 6 rings (SSSR count). The van der Waals surface area contributed by atoms with E-state index < -0.39 is 0 Å². The van der Waals surface area contributed by atoms with Gasteiger partial charge in [-0.15, -0.1) is 10.2 Å². The van der Waals surface area contributed by atoms with E-state index in [4.69, 9.17) is 0 Å². The minimum absolute atomic E-state index is 0.848. The van der Waals surface area contributed by atoms with Crippen molar-refractivity contribution < 1.29 is 0 Å². The summed E-state index contributed by atoms with van der Waals surface area (Å²) in [6.45, 7) is 2.12. The fourth-order valence-electron chi connectivity index (χ4n) is 4.26. The normalized spacial score (nSPS) is 11.5. The lowest BCUT2D eigenvalue weighted by atomic mass is 9.99. The van der Waals surface area contributed by atoms with Crippen LogP contribution in [0.4, 0.5) is 0 Å². The number of rotatable bonds is 2. The molecule has 4 aromatic carbocycles. The van der Waals surface area contributed by atoms with Crippen molar-refractivity contribution in [2.75, 3.05) is 0 Å². The third kappa shape index (κ3) is 2.94. The van der Waals surface area contributed by atoms with Crippen LogP contribution < -0.4 is 0 Å². The summed E-state index contributed by atoms with van der Waals surface area (Å²) in [5, 5.41) is 12.7. The van der Waals surface area contributed by atoms with Crippen LogP contribution in [-0.2, 0) is 0 Å². The summed E-state index contributed by atoms with van der Waals surface area (Å²) in [6, 6.07) is 32.0. The molecule has 0 radical (unpaired) electrons. The minimum atomic E-state index is 0.848. The maximum absolute atomic E-state index is 4.59. The summed E-state index contributed by atoms with van der Waals surface area (Å²) < 4.78 is 3.22. The summed E-state index contributed by atoms with van der Waals surface area (Å²) in [5.74, 6) is 0.848. The molecule has 0 amide bonds. The quantitative estimate of drug-likeness (QED) is 0.249. The number of aromatic nitrogens is 3. The molecule has 148 valence electrons. The Bertz CT molecular complexity index is 1580. The number of fused-ring (bicyclic) bond motifs is 6. The Balaban J connectivity index is 1.71. The van der Waals surface area contributed by atoms with E-state index in [1.54, 1.807) is 0 Å². The van der Waals surface area contributed by atoms with E-state index in [1.165, 1.54) is 27.5 Å². The van der Waals surface area contributed by atoms with E-state index in [1.807, 2.05) is 12.1 Å². The van der Waals surface area contributed by atoms with Crippen molar-refractivity contribution >= 4 is 43.3 Å². The van der Waals surface area contributed by atoms with Gasteiger partial charge in [0.2, 0.25) is 0 Å². The van der Waals surface area contributed by atoms with Crippen LogP contribution in [0.2, 0.25) is 0 Å². The molecule has 4 heteroatoms. The molecule has 6 aromatic rings. The number of hydrogen-bond donors (Lipinski definition) is 0. The second-order valence-electron chi connectivity index (χ2n) is 7.83. The molecular weight excluding hydrogens is 446 g/mol. The summed E-state index contributed by atoms with van der Waals surface area (Å²) in [5.41, 5.74) is 6.70. The molecule has 2 heterocycles. The summed E-state index contributed by atoms with van der Waals surface area (Å²) in [4.78, 5) is 0. The second kappa shape index (κ2) is 7.03. The van der Waals surface area contributed by atoms with Crippen molar-refractivity contribution in [2.24, 2.45) is 0 Å². The van der Waals surface area contributed by atoms with E-state index >= 15 is 0 Å². The summed E-state index contributed by atoms with van der Waals surface area (Å²) in [6.07, 6.45) is 0. The van der Waals surface area contributed by atoms with Gasteiger partial charge in [-0.25, -0.2) is 0 Å². The smallest absolute Gasteiger partial charge is 0.169 e. The van der Waals surface area contributed by atoms with Crippen molar-refractivity contribution in [3.8, 4) is 22.5 Å². The minimum Gasteiger partial charge on any atom is -0.274 e. The molecule has 0 N–H and O–H groups in total. The Morgan fingerprint density at radius 2 is 1.32 bits per heavy atom. The Morgan fingerprint density at radius 1 is 0.645 bits per heavy atom. The topological polar surface area (TPSA) is 30.2 Å². The van der Waals surface area contributed by atoms with E-state index in [0.717, 1.165) is 32.4 Å². The van der Waals surface area contributed by atoms with E-state index in [0.29, 0.717) is 0 Å². The summed E-state index contributed by atoms with van der Waals surface area (Å²) >= 11 is 3.52. The highest BCUT2D eigenvalue weighted by molar-refractivity contribution is 9.10. The number of nitrogens with zero attached hydrogens (tertiary/aromatic N) is 3. The van der Waals surface area contributed by atoms with E-state index in [-0.39, 0.29) is 0 Å². The Morgan fingerprint density at radius 3 is 2.10 bits per heavy atom. The van der Waals surface area contributed by atoms with Crippen molar-refractivity contribution in [1.82, 2.24) is 14.6 Å². The van der Waals surface area contributed by atoms with Gasteiger partial charge in [0.1, 0.15) is 0 Å². The van der Waals surface area contributed by atoms with Gasteiger partial charge in [0.25, 0.3) is 0 Å². The Hall–Kier alpha value is -3.50. The van der Waals surface area contributed by atoms with Crippen LogP contribution in [0.5, 0.6) is 0 Å². The fraction of sp³-hybridized carbons (Fsp3) is 0.0370. The van der Waals surface area contributed by atoms with Crippen LogP contribution in [-0.4, -0.2) is 14.6 Å². The van der Waals surface area contributed by atoms with Crippen LogP contribution in [0.1, 0.15) is 5.56 Å². The third-order valence-corrected chi connectivity index (χ3v) is 6.37. The first-order valence-electron chi connectivity index (χ1n) is 10.2. The molecular formula is C27H18BrN3. The predicted octanol–water partition coefficient (Wildman–Crippen LogP) is 7.44. The lowest BCUT2D eigenvalue weighted by Gasteiger charge is -2.12. The molecule has 0 fully saturated rings. The van der Waals surface area contributed by atoms with Gasteiger partial charge in [-0.05, 0) is 47.7 Å². The lowest BCUT2D eigenvalue weighted by molar-refractivity contribution is 1.12. The molecule has 0 aliphatic carbocycles. The maximum atomic E-state index is 4.59. The number of pyridine rings is 1. The first kappa shape index (κ1) is 18.3. The predicted molar refractivity (Wildman–Crippen MR) is 131 cm³/mol. The largest absolute Gasteiger partial charge is 0.274 e. The SMILES string of the molecule is Cc1ccc(-c2ccc3c(c2)c2ccccc2c2nnc(-c4ccc(Br)cc4)n32)cc1. The average molecular weight is 464 g/mol. The standard InChI is InChI=1S/C27H18BrN3/c1-17-6-8-18(9-7-17)20-12-15-25-24(16-20)22-4-2-3-5-23(22)27-30-29-26(31(25)27)19-10-13-21(28)14-11-19/h2-16H,1H3. The number of hydrogen-bond acceptors (Lipinski definition) is 2. The zero-order valence-electron chi connectivity index (χ0n) is 16.9. The highest BCUT2D eigenvalue weighted by Crippen LogP contribution is 2.34. The number of halogens is 1.